The predicted molar refractivity (Wildman–Crippen MR) is 74.4 cm³/mol. The average molecular weight is 252 g/mol. The molecule has 0 aromatic carbocycles. The van der Waals surface area contributed by atoms with Crippen molar-refractivity contribution in [3.05, 3.63) is 0 Å². The molecule has 1 amide bonds. The molecule has 2 aliphatic carbocycles. The van der Waals surface area contributed by atoms with Crippen molar-refractivity contribution in [2.24, 2.45) is 11.8 Å². The molecular weight excluding hydrogens is 224 g/mol. The maximum absolute atomic E-state index is 12.0. The van der Waals surface area contributed by atoms with E-state index in [0.717, 1.165) is 18.4 Å². The first-order valence-corrected chi connectivity index (χ1v) is 7.69. The largest absolute Gasteiger partial charge is 0.352 e. The summed E-state index contributed by atoms with van der Waals surface area (Å²) in [5.41, 5.74) is 0. The van der Waals surface area contributed by atoms with E-state index in [0.29, 0.717) is 6.04 Å². The quantitative estimate of drug-likeness (QED) is 0.789. The normalized spacial score (nSPS) is 30.6. The maximum Gasteiger partial charge on any atom is 0.237 e. The van der Waals surface area contributed by atoms with Crippen LogP contribution in [0.4, 0.5) is 0 Å². The van der Waals surface area contributed by atoms with Crippen molar-refractivity contribution in [3.8, 4) is 0 Å². The summed E-state index contributed by atoms with van der Waals surface area (Å²) in [5.74, 6) is 1.84. The van der Waals surface area contributed by atoms with Gasteiger partial charge in [-0.25, -0.2) is 0 Å². The first-order valence-electron chi connectivity index (χ1n) is 7.69. The monoisotopic (exact) mass is 252 g/mol. The Bertz CT molecular complexity index is 274. The number of carbonyl (C=O) groups excluding carboxylic acids is 1. The highest BCUT2D eigenvalue weighted by molar-refractivity contribution is 5.81. The van der Waals surface area contributed by atoms with Gasteiger partial charge in [0.1, 0.15) is 0 Å². The van der Waals surface area contributed by atoms with Crippen molar-refractivity contribution in [1.82, 2.24) is 10.6 Å². The summed E-state index contributed by atoms with van der Waals surface area (Å²) in [6.07, 6.45) is 8.88. The first-order chi connectivity index (χ1) is 8.65. The number of nitrogens with one attached hydrogen (secondary N) is 2. The Hall–Kier alpha value is -0.570. The van der Waals surface area contributed by atoms with Crippen LogP contribution in [-0.4, -0.2) is 24.5 Å². The van der Waals surface area contributed by atoms with Crippen LogP contribution in [0, 0.1) is 11.8 Å². The van der Waals surface area contributed by atoms with E-state index >= 15 is 0 Å². The third kappa shape index (κ3) is 3.98. The van der Waals surface area contributed by atoms with E-state index in [2.05, 4.69) is 17.6 Å². The summed E-state index contributed by atoms with van der Waals surface area (Å²) in [4.78, 5) is 12.0. The van der Waals surface area contributed by atoms with Gasteiger partial charge in [0, 0.05) is 6.04 Å². The second-order valence-corrected chi connectivity index (χ2v) is 6.40. The standard InChI is InChI=1S/C15H28N2O/c1-11-7-8-13(9-11)10-16-12(2)15(18)17-14-5-3-4-6-14/h11-14,16H,3-10H2,1-2H3,(H,17,18). The van der Waals surface area contributed by atoms with Crippen LogP contribution in [0.2, 0.25) is 0 Å². The fourth-order valence-electron chi connectivity index (χ4n) is 3.34. The van der Waals surface area contributed by atoms with Gasteiger partial charge in [0.05, 0.1) is 6.04 Å². The molecule has 2 rings (SSSR count). The van der Waals surface area contributed by atoms with E-state index in [-0.39, 0.29) is 11.9 Å². The Morgan fingerprint density at radius 3 is 2.56 bits per heavy atom. The minimum atomic E-state index is -0.0403. The van der Waals surface area contributed by atoms with Gasteiger partial charge in [-0.1, -0.05) is 26.2 Å². The molecule has 0 saturated heterocycles. The lowest BCUT2D eigenvalue weighted by atomic mass is 10.1. The van der Waals surface area contributed by atoms with Crippen molar-refractivity contribution in [2.45, 2.75) is 70.9 Å². The zero-order chi connectivity index (χ0) is 13.0. The number of amides is 1. The zero-order valence-corrected chi connectivity index (χ0v) is 11.9. The molecule has 3 unspecified atom stereocenters. The lowest BCUT2D eigenvalue weighted by Crippen LogP contribution is -2.46. The third-order valence-corrected chi connectivity index (χ3v) is 4.61. The van der Waals surface area contributed by atoms with Gasteiger partial charge in [0.15, 0.2) is 0 Å². The van der Waals surface area contributed by atoms with Crippen LogP contribution < -0.4 is 10.6 Å². The molecule has 0 aromatic rings. The van der Waals surface area contributed by atoms with Gasteiger partial charge in [0.2, 0.25) is 5.91 Å². The van der Waals surface area contributed by atoms with E-state index in [1.54, 1.807) is 0 Å². The second kappa shape index (κ2) is 6.55. The van der Waals surface area contributed by atoms with Gasteiger partial charge < -0.3 is 10.6 Å². The van der Waals surface area contributed by atoms with Gasteiger partial charge >= 0.3 is 0 Å². The molecule has 3 heteroatoms. The lowest BCUT2D eigenvalue weighted by Gasteiger charge is -2.19. The summed E-state index contributed by atoms with van der Waals surface area (Å²) in [6, 6.07) is 0.398. The molecule has 0 aromatic heterocycles. The molecule has 0 heterocycles. The van der Waals surface area contributed by atoms with Crippen molar-refractivity contribution in [2.75, 3.05) is 6.54 Å². The molecule has 2 fully saturated rings. The molecule has 0 radical (unpaired) electrons. The summed E-state index contributed by atoms with van der Waals surface area (Å²) in [6.45, 7) is 5.32. The summed E-state index contributed by atoms with van der Waals surface area (Å²) >= 11 is 0. The van der Waals surface area contributed by atoms with Crippen LogP contribution in [0.25, 0.3) is 0 Å². The van der Waals surface area contributed by atoms with Crippen LogP contribution in [0.15, 0.2) is 0 Å². The Balaban J connectivity index is 1.63. The van der Waals surface area contributed by atoms with Crippen molar-refractivity contribution < 1.29 is 4.79 Å². The van der Waals surface area contributed by atoms with E-state index in [4.69, 9.17) is 0 Å². The van der Waals surface area contributed by atoms with Crippen molar-refractivity contribution >= 4 is 5.91 Å². The van der Waals surface area contributed by atoms with Crippen LogP contribution >= 0.6 is 0 Å². The summed E-state index contributed by atoms with van der Waals surface area (Å²) in [5, 5.41) is 6.57. The number of rotatable bonds is 5. The summed E-state index contributed by atoms with van der Waals surface area (Å²) < 4.78 is 0. The minimum Gasteiger partial charge on any atom is -0.352 e. The molecule has 2 aliphatic rings. The maximum atomic E-state index is 12.0. The van der Waals surface area contributed by atoms with Crippen molar-refractivity contribution in [3.63, 3.8) is 0 Å². The van der Waals surface area contributed by atoms with E-state index < -0.39 is 0 Å². The molecule has 3 nitrogen and oxygen atoms in total. The first kappa shape index (κ1) is 13.9. The molecular formula is C15H28N2O. The van der Waals surface area contributed by atoms with E-state index in [9.17, 15) is 4.79 Å². The average Bonchev–Trinajstić information content (AvgIpc) is 2.97. The highest BCUT2D eigenvalue weighted by atomic mass is 16.2. The van der Waals surface area contributed by atoms with Gasteiger partial charge in [-0.2, -0.15) is 0 Å². The Morgan fingerprint density at radius 2 is 1.94 bits per heavy atom. The third-order valence-electron chi connectivity index (χ3n) is 4.61. The Kier molecular flexibility index (Phi) is 5.04. The minimum absolute atomic E-state index is 0.0403. The second-order valence-electron chi connectivity index (χ2n) is 6.40. The van der Waals surface area contributed by atoms with Gasteiger partial charge in [-0.05, 0) is 51.0 Å². The van der Waals surface area contributed by atoms with Gasteiger partial charge in [-0.15, -0.1) is 0 Å². The molecule has 0 spiro atoms. The molecule has 0 aliphatic heterocycles. The SMILES string of the molecule is CC1CCC(CNC(C)C(=O)NC2CCCC2)C1. The fourth-order valence-corrected chi connectivity index (χ4v) is 3.34. The van der Waals surface area contributed by atoms with E-state index in [1.165, 1.54) is 44.9 Å². The van der Waals surface area contributed by atoms with Gasteiger partial charge in [0.25, 0.3) is 0 Å². The molecule has 18 heavy (non-hydrogen) atoms. The smallest absolute Gasteiger partial charge is 0.237 e. The van der Waals surface area contributed by atoms with Crippen molar-refractivity contribution in [1.29, 1.82) is 0 Å². The van der Waals surface area contributed by atoms with Crippen LogP contribution in [-0.2, 0) is 4.79 Å². The molecule has 104 valence electrons. The zero-order valence-electron chi connectivity index (χ0n) is 11.9. The summed E-state index contributed by atoms with van der Waals surface area (Å²) in [7, 11) is 0. The lowest BCUT2D eigenvalue weighted by molar-refractivity contribution is -0.123. The van der Waals surface area contributed by atoms with Crippen LogP contribution in [0.1, 0.15) is 58.8 Å². The highest BCUT2D eigenvalue weighted by Gasteiger charge is 2.24. The number of hydrogen-bond donors (Lipinski definition) is 2. The number of carbonyl (C=O) groups is 1. The number of hydrogen-bond acceptors (Lipinski definition) is 2. The Morgan fingerprint density at radius 1 is 1.22 bits per heavy atom. The Labute approximate surface area is 111 Å². The fraction of sp³-hybridized carbons (Fsp3) is 0.933. The van der Waals surface area contributed by atoms with Gasteiger partial charge in [-0.3, -0.25) is 4.79 Å². The topological polar surface area (TPSA) is 41.1 Å². The van der Waals surface area contributed by atoms with Crippen LogP contribution in [0.3, 0.4) is 0 Å². The molecule has 2 N–H and O–H groups in total. The molecule has 3 atom stereocenters. The molecule has 2 saturated carbocycles. The van der Waals surface area contributed by atoms with Crippen LogP contribution in [0.5, 0.6) is 0 Å². The van der Waals surface area contributed by atoms with E-state index in [1.807, 2.05) is 6.92 Å². The molecule has 0 bridgehead atoms. The predicted octanol–water partition coefficient (Wildman–Crippen LogP) is 2.46. The highest BCUT2D eigenvalue weighted by Crippen LogP contribution is 2.29.